The van der Waals surface area contributed by atoms with Crippen molar-refractivity contribution in [2.45, 2.75) is 76.3 Å². The number of rotatable bonds is 4. The van der Waals surface area contributed by atoms with Crippen LogP contribution in [0.4, 0.5) is 0 Å². The second kappa shape index (κ2) is 4.69. The Morgan fingerprint density at radius 1 is 1.47 bits per heavy atom. The van der Waals surface area contributed by atoms with E-state index in [1.54, 1.807) is 0 Å². The van der Waals surface area contributed by atoms with Gasteiger partial charge >= 0.3 is 0 Å². The van der Waals surface area contributed by atoms with Gasteiger partial charge in [0.1, 0.15) is 0 Å². The van der Waals surface area contributed by atoms with Crippen LogP contribution in [0.2, 0.25) is 0 Å². The summed E-state index contributed by atoms with van der Waals surface area (Å²) in [6.45, 7) is 6.52. The summed E-state index contributed by atoms with van der Waals surface area (Å²) in [5, 5.41) is 3.89. The van der Waals surface area contributed by atoms with Gasteiger partial charge in [-0.15, -0.1) is 0 Å². The predicted molar refractivity (Wildman–Crippen MR) is 66.0 cm³/mol. The van der Waals surface area contributed by atoms with E-state index in [1.165, 1.54) is 63.4 Å². The number of unbranched alkanes of at least 4 members (excludes halogenated alkanes) is 2. The highest BCUT2D eigenvalue weighted by atomic mass is 15.0. The third-order valence-corrected chi connectivity index (χ3v) is 4.10. The molecule has 2 heterocycles. The van der Waals surface area contributed by atoms with Crippen LogP contribution in [0.25, 0.3) is 0 Å². The number of fused-ring (bicyclic) bond motifs is 2. The van der Waals surface area contributed by atoms with Gasteiger partial charge in [0.25, 0.3) is 0 Å². The molecule has 0 amide bonds. The van der Waals surface area contributed by atoms with Crippen LogP contribution in [-0.2, 0) is 0 Å². The standard InChI is InChI=1S/C14H25N/c1-3-4-5-8-14-9-6-7-13(15-14)10-12(2)11-14/h13,15H,2-11H2,1H3/t13-,14?/m0/s1. The van der Waals surface area contributed by atoms with Crippen LogP contribution >= 0.6 is 0 Å². The Kier molecular flexibility index (Phi) is 3.50. The van der Waals surface area contributed by atoms with Crippen LogP contribution in [0.5, 0.6) is 0 Å². The molecule has 0 spiro atoms. The van der Waals surface area contributed by atoms with Crippen molar-refractivity contribution >= 4 is 0 Å². The molecule has 2 aliphatic heterocycles. The molecule has 1 heteroatoms. The average Bonchev–Trinajstić information content (AvgIpc) is 2.16. The maximum Gasteiger partial charge on any atom is 0.0221 e. The van der Waals surface area contributed by atoms with E-state index in [0.29, 0.717) is 5.54 Å². The molecule has 0 aliphatic carbocycles. The lowest BCUT2D eigenvalue weighted by Crippen LogP contribution is -2.56. The first kappa shape index (κ1) is 11.2. The third-order valence-electron chi connectivity index (χ3n) is 4.10. The first-order valence-electron chi connectivity index (χ1n) is 6.68. The molecule has 2 saturated heterocycles. The maximum absolute atomic E-state index is 4.23. The van der Waals surface area contributed by atoms with Crippen molar-refractivity contribution in [1.82, 2.24) is 5.32 Å². The molecule has 0 saturated carbocycles. The van der Waals surface area contributed by atoms with Gasteiger partial charge < -0.3 is 5.32 Å². The Labute approximate surface area is 94.3 Å². The Bertz CT molecular complexity index is 233. The van der Waals surface area contributed by atoms with E-state index in [-0.39, 0.29) is 0 Å². The van der Waals surface area contributed by atoms with E-state index >= 15 is 0 Å². The molecule has 0 aromatic carbocycles. The van der Waals surface area contributed by atoms with Crippen molar-refractivity contribution in [1.29, 1.82) is 0 Å². The number of hydrogen-bond acceptors (Lipinski definition) is 1. The van der Waals surface area contributed by atoms with Crippen LogP contribution in [0.1, 0.15) is 64.7 Å². The molecular weight excluding hydrogens is 182 g/mol. The number of nitrogens with one attached hydrogen (secondary N) is 1. The van der Waals surface area contributed by atoms with Crippen LogP contribution in [0.15, 0.2) is 12.2 Å². The van der Waals surface area contributed by atoms with Gasteiger partial charge in [0, 0.05) is 11.6 Å². The second-order valence-corrected chi connectivity index (χ2v) is 5.60. The van der Waals surface area contributed by atoms with Crippen LogP contribution < -0.4 is 5.32 Å². The molecule has 15 heavy (non-hydrogen) atoms. The second-order valence-electron chi connectivity index (χ2n) is 5.60. The van der Waals surface area contributed by atoms with Crippen molar-refractivity contribution in [3.8, 4) is 0 Å². The van der Waals surface area contributed by atoms with Crippen molar-refractivity contribution in [3.63, 3.8) is 0 Å². The van der Waals surface area contributed by atoms with Gasteiger partial charge in [0.2, 0.25) is 0 Å². The Morgan fingerprint density at radius 2 is 2.33 bits per heavy atom. The van der Waals surface area contributed by atoms with Gasteiger partial charge in [-0.2, -0.15) is 0 Å². The SMILES string of the molecule is C=C1C[C@@H]2CCCC(CCCCC)(C1)N2. The molecule has 2 aliphatic rings. The van der Waals surface area contributed by atoms with Gasteiger partial charge in [0.15, 0.2) is 0 Å². The fourth-order valence-corrected chi connectivity index (χ4v) is 3.45. The van der Waals surface area contributed by atoms with E-state index in [4.69, 9.17) is 0 Å². The number of piperidine rings is 2. The highest BCUT2D eigenvalue weighted by molar-refractivity contribution is 5.14. The fraction of sp³-hybridized carbons (Fsp3) is 0.857. The highest BCUT2D eigenvalue weighted by Gasteiger charge is 2.39. The summed E-state index contributed by atoms with van der Waals surface area (Å²) in [6.07, 6.45) is 12.1. The van der Waals surface area contributed by atoms with Crippen molar-refractivity contribution in [2.75, 3.05) is 0 Å². The van der Waals surface area contributed by atoms with Gasteiger partial charge in [-0.3, -0.25) is 0 Å². The van der Waals surface area contributed by atoms with E-state index in [0.717, 1.165) is 6.04 Å². The van der Waals surface area contributed by atoms with E-state index < -0.39 is 0 Å². The Hall–Kier alpha value is -0.300. The van der Waals surface area contributed by atoms with E-state index in [2.05, 4.69) is 18.8 Å². The molecule has 0 aromatic heterocycles. The van der Waals surface area contributed by atoms with Crippen molar-refractivity contribution in [3.05, 3.63) is 12.2 Å². The molecule has 86 valence electrons. The lowest BCUT2D eigenvalue weighted by atomic mass is 9.72. The van der Waals surface area contributed by atoms with Crippen molar-refractivity contribution in [2.24, 2.45) is 0 Å². The van der Waals surface area contributed by atoms with Crippen LogP contribution in [0, 0.1) is 0 Å². The monoisotopic (exact) mass is 207 g/mol. The average molecular weight is 207 g/mol. The van der Waals surface area contributed by atoms with Gasteiger partial charge in [-0.05, 0) is 32.1 Å². The molecule has 2 rings (SSSR count). The molecule has 0 aromatic rings. The zero-order valence-corrected chi connectivity index (χ0v) is 10.1. The zero-order valence-electron chi connectivity index (χ0n) is 10.1. The maximum atomic E-state index is 4.23. The summed E-state index contributed by atoms with van der Waals surface area (Å²) < 4.78 is 0. The quantitative estimate of drug-likeness (QED) is 0.546. The minimum atomic E-state index is 0.452. The van der Waals surface area contributed by atoms with Crippen LogP contribution in [-0.4, -0.2) is 11.6 Å². The molecule has 1 N–H and O–H groups in total. The minimum absolute atomic E-state index is 0.452. The highest BCUT2D eigenvalue weighted by Crippen LogP contribution is 2.39. The normalized spacial score (nSPS) is 35.5. The van der Waals surface area contributed by atoms with E-state index in [1.807, 2.05) is 0 Å². The molecule has 0 radical (unpaired) electrons. The van der Waals surface area contributed by atoms with Gasteiger partial charge in [0.05, 0.1) is 0 Å². The van der Waals surface area contributed by atoms with Crippen molar-refractivity contribution < 1.29 is 0 Å². The summed E-state index contributed by atoms with van der Waals surface area (Å²) in [5.74, 6) is 0. The lowest BCUT2D eigenvalue weighted by molar-refractivity contribution is 0.158. The summed E-state index contributed by atoms with van der Waals surface area (Å²) >= 11 is 0. The molecule has 1 unspecified atom stereocenters. The van der Waals surface area contributed by atoms with Gasteiger partial charge in [-0.1, -0.05) is 44.8 Å². The first-order chi connectivity index (χ1) is 7.24. The fourth-order valence-electron chi connectivity index (χ4n) is 3.45. The smallest absolute Gasteiger partial charge is 0.0221 e. The van der Waals surface area contributed by atoms with Crippen LogP contribution in [0.3, 0.4) is 0 Å². The summed E-state index contributed by atoms with van der Waals surface area (Å²) in [5.41, 5.74) is 1.95. The molecular formula is C14H25N. The summed E-state index contributed by atoms with van der Waals surface area (Å²) in [7, 11) is 0. The minimum Gasteiger partial charge on any atom is -0.308 e. The predicted octanol–water partition coefficient (Wildman–Crippen LogP) is 3.80. The largest absolute Gasteiger partial charge is 0.308 e. The summed E-state index contributed by atoms with van der Waals surface area (Å²) in [6, 6.07) is 0.752. The Balaban J connectivity index is 1.94. The Morgan fingerprint density at radius 3 is 3.13 bits per heavy atom. The first-order valence-corrected chi connectivity index (χ1v) is 6.68. The molecule has 2 fully saturated rings. The third kappa shape index (κ3) is 2.63. The summed E-state index contributed by atoms with van der Waals surface area (Å²) in [4.78, 5) is 0. The molecule has 2 bridgehead atoms. The molecule has 1 nitrogen and oxygen atoms in total. The lowest BCUT2D eigenvalue weighted by Gasteiger charge is -2.47. The van der Waals surface area contributed by atoms with Gasteiger partial charge in [-0.25, -0.2) is 0 Å². The topological polar surface area (TPSA) is 12.0 Å². The molecule has 2 atom stereocenters. The van der Waals surface area contributed by atoms with E-state index in [9.17, 15) is 0 Å². The number of hydrogen-bond donors (Lipinski definition) is 1. The zero-order chi connectivity index (χ0) is 10.7.